The van der Waals surface area contributed by atoms with Crippen LogP contribution in [0, 0.1) is 15.5 Å². The lowest BCUT2D eigenvalue weighted by Gasteiger charge is -2.17. The second-order valence-corrected chi connectivity index (χ2v) is 13.7. The Kier molecular flexibility index (Phi) is 12.3. The number of anilines is 2. The zero-order valence-electron chi connectivity index (χ0n) is 29.1. The minimum Gasteiger partial charge on any atom is -0.438 e. The molecule has 0 bridgehead atoms. The highest BCUT2D eigenvalue weighted by Gasteiger charge is 2.21. The first-order valence-electron chi connectivity index (χ1n) is 17.2. The molecular formula is C37H48N8O4. The van der Waals surface area contributed by atoms with Gasteiger partial charge in [-0.1, -0.05) is 84.3 Å². The number of hydrogen-bond acceptors (Lipinski definition) is 9. The van der Waals surface area contributed by atoms with E-state index in [4.69, 9.17) is 19.4 Å². The van der Waals surface area contributed by atoms with Gasteiger partial charge in [-0.3, -0.25) is 19.8 Å². The predicted octanol–water partition coefficient (Wildman–Crippen LogP) is 9.59. The van der Waals surface area contributed by atoms with Crippen molar-refractivity contribution in [3.8, 4) is 22.8 Å². The molecule has 49 heavy (non-hydrogen) atoms. The van der Waals surface area contributed by atoms with Crippen LogP contribution in [-0.2, 0) is 18.5 Å². The third-order valence-corrected chi connectivity index (χ3v) is 8.31. The van der Waals surface area contributed by atoms with Crippen LogP contribution in [0.25, 0.3) is 22.2 Å². The summed E-state index contributed by atoms with van der Waals surface area (Å²) in [6, 6.07) is 9.85. The molecule has 0 radical (unpaired) electrons. The third kappa shape index (κ3) is 10.6. The summed E-state index contributed by atoms with van der Waals surface area (Å²) in [6.45, 7) is 7.88. The highest BCUT2D eigenvalue weighted by atomic mass is 16.6. The highest BCUT2D eigenvalue weighted by Crippen LogP contribution is 2.38. The van der Waals surface area contributed by atoms with E-state index in [1.807, 2.05) is 36.1 Å². The number of nitro benzene ring substituents is 1. The fraction of sp³-hybridized carbons (Fsp3) is 0.459. The van der Waals surface area contributed by atoms with Gasteiger partial charge in [-0.15, -0.1) is 0 Å². The van der Waals surface area contributed by atoms with Crippen LogP contribution in [0.3, 0.4) is 0 Å². The van der Waals surface area contributed by atoms with Gasteiger partial charge in [-0.25, -0.2) is 0 Å². The second-order valence-electron chi connectivity index (χ2n) is 13.7. The molecule has 0 amide bonds. The van der Waals surface area contributed by atoms with Crippen LogP contribution in [0.4, 0.5) is 17.3 Å². The Labute approximate surface area is 288 Å². The summed E-state index contributed by atoms with van der Waals surface area (Å²) in [7, 11) is 1.82. The van der Waals surface area contributed by atoms with Gasteiger partial charge in [-0.2, -0.15) is 15.1 Å². The molecule has 4 heterocycles. The summed E-state index contributed by atoms with van der Waals surface area (Å²) >= 11 is 0. The number of benzene rings is 1. The Bertz CT molecular complexity index is 1800. The van der Waals surface area contributed by atoms with Crippen molar-refractivity contribution in [3.63, 3.8) is 0 Å². The summed E-state index contributed by atoms with van der Waals surface area (Å²) in [5, 5.41) is 19.6. The smallest absolute Gasteiger partial charge is 0.273 e. The Hall–Kier alpha value is -4.84. The van der Waals surface area contributed by atoms with E-state index in [2.05, 4.69) is 36.2 Å². The van der Waals surface area contributed by atoms with Gasteiger partial charge in [-0.05, 0) is 30.4 Å². The van der Waals surface area contributed by atoms with Gasteiger partial charge in [0.15, 0.2) is 5.65 Å². The molecule has 0 aliphatic heterocycles. The molecule has 0 aliphatic carbocycles. The van der Waals surface area contributed by atoms with E-state index in [9.17, 15) is 10.1 Å². The second kappa shape index (κ2) is 17.0. The molecule has 1 N–H and O–H groups in total. The number of ether oxygens (including phenoxy) is 2. The lowest BCUT2D eigenvalue weighted by Crippen LogP contribution is -2.06. The molecule has 5 aromatic rings. The van der Waals surface area contributed by atoms with Crippen molar-refractivity contribution in [2.75, 3.05) is 11.9 Å². The Morgan fingerprint density at radius 1 is 0.918 bits per heavy atom. The topological polar surface area (TPSA) is 135 Å². The van der Waals surface area contributed by atoms with Crippen LogP contribution in [0.1, 0.15) is 85.0 Å². The highest BCUT2D eigenvalue weighted by molar-refractivity contribution is 5.98. The average molecular weight is 669 g/mol. The number of unbranched alkanes of at least 4 members (excludes halogenated alkanes) is 8. The van der Waals surface area contributed by atoms with Gasteiger partial charge in [0.1, 0.15) is 12.5 Å². The molecule has 5 rings (SSSR count). The van der Waals surface area contributed by atoms with E-state index >= 15 is 0 Å². The van der Waals surface area contributed by atoms with Gasteiger partial charge in [0.05, 0.1) is 28.3 Å². The van der Waals surface area contributed by atoms with Crippen molar-refractivity contribution in [1.29, 1.82) is 0 Å². The molecule has 0 saturated heterocycles. The Morgan fingerprint density at radius 2 is 1.67 bits per heavy atom. The number of hydrogen-bond donors (Lipinski definition) is 1. The lowest BCUT2D eigenvalue weighted by atomic mass is 9.89. The van der Waals surface area contributed by atoms with Crippen LogP contribution in [0.5, 0.6) is 11.6 Å². The maximum Gasteiger partial charge on any atom is 0.273 e. The van der Waals surface area contributed by atoms with Gasteiger partial charge in [0, 0.05) is 55.6 Å². The van der Waals surface area contributed by atoms with E-state index in [1.165, 1.54) is 63.5 Å². The molecule has 12 nitrogen and oxygen atoms in total. The number of aryl methyl sites for hydroxylation is 1. The number of nitrogens with zero attached hydrogens (tertiary/aromatic N) is 7. The number of pyridine rings is 1. The number of rotatable bonds is 19. The molecule has 260 valence electrons. The monoisotopic (exact) mass is 668 g/mol. The van der Waals surface area contributed by atoms with Gasteiger partial charge in [0.2, 0.25) is 11.8 Å². The van der Waals surface area contributed by atoms with Crippen LogP contribution >= 0.6 is 0 Å². The van der Waals surface area contributed by atoms with E-state index in [-0.39, 0.29) is 30.0 Å². The van der Waals surface area contributed by atoms with Gasteiger partial charge in [0.25, 0.3) is 5.69 Å². The number of nitrogens with one attached hydrogen (secondary N) is 1. The molecule has 1 aromatic carbocycles. The molecule has 0 atom stereocenters. The van der Waals surface area contributed by atoms with Crippen molar-refractivity contribution in [3.05, 3.63) is 77.5 Å². The summed E-state index contributed by atoms with van der Waals surface area (Å²) in [6.07, 6.45) is 21.5. The molecule has 4 aromatic heterocycles. The van der Waals surface area contributed by atoms with Crippen LogP contribution in [0.2, 0.25) is 0 Å². The van der Waals surface area contributed by atoms with Crippen molar-refractivity contribution < 1.29 is 14.4 Å². The van der Waals surface area contributed by atoms with E-state index in [0.717, 1.165) is 24.0 Å². The summed E-state index contributed by atoms with van der Waals surface area (Å²) in [4.78, 5) is 25.0. The maximum absolute atomic E-state index is 11.5. The fourth-order valence-corrected chi connectivity index (χ4v) is 5.77. The lowest BCUT2D eigenvalue weighted by molar-refractivity contribution is -0.384. The van der Waals surface area contributed by atoms with E-state index < -0.39 is 4.92 Å². The molecule has 0 unspecified atom stereocenters. The quantitative estimate of drug-likeness (QED) is 0.0518. The molecule has 0 spiro atoms. The number of fused-ring (bicyclic) bond motifs is 1. The Balaban J connectivity index is 1.29. The fourth-order valence-electron chi connectivity index (χ4n) is 5.77. The normalized spacial score (nSPS) is 11.7. The minimum atomic E-state index is -0.456. The molecule has 0 aliphatic rings. The number of nitro groups is 1. The first kappa shape index (κ1) is 35.5. The maximum atomic E-state index is 11.5. The first-order chi connectivity index (χ1) is 23.7. The average Bonchev–Trinajstić information content (AvgIpc) is 3.66. The standard InChI is InChI=1S/C37H48N8O4/c1-37(2,3)19-12-10-8-6-5-7-9-11-13-21-48-27-44-26-32(28-16-15-20-38-23-28)33-34(44)41-36(40-29-24-39-43(4)25-29)42-35(33)49-31-18-14-17-30(22-31)45(46)47/h14-18,20,22-26H,5-13,19,21,27H2,1-4H3,(H,40,41,42). The predicted molar refractivity (Wildman–Crippen MR) is 192 cm³/mol. The Morgan fingerprint density at radius 3 is 2.35 bits per heavy atom. The van der Waals surface area contributed by atoms with Crippen molar-refractivity contribution in [2.24, 2.45) is 12.5 Å². The zero-order chi connectivity index (χ0) is 34.6. The molecule has 0 saturated carbocycles. The minimum absolute atomic E-state index is 0.0819. The molecule has 12 heteroatoms. The first-order valence-corrected chi connectivity index (χ1v) is 17.2. The van der Waals surface area contributed by atoms with Gasteiger partial charge >= 0.3 is 0 Å². The molecule has 0 fully saturated rings. The molecular weight excluding hydrogens is 620 g/mol. The summed E-state index contributed by atoms with van der Waals surface area (Å²) in [5.41, 5.74) is 3.30. The van der Waals surface area contributed by atoms with Gasteiger partial charge < -0.3 is 19.4 Å². The van der Waals surface area contributed by atoms with Crippen LogP contribution < -0.4 is 10.1 Å². The van der Waals surface area contributed by atoms with Crippen LogP contribution in [0.15, 0.2) is 67.4 Å². The van der Waals surface area contributed by atoms with Crippen molar-refractivity contribution in [2.45, 2.75) is 91.7 Å². The number of non-ortho nitro benzene ring substituents is 1. The van der Waals surface area contributed by atoms with Crippen molar-refractivity contribution >= 4 is 28.4 Å². The number of aromatic nitrogens is 6. The van der Waals surface area contributed by atoms with E-state index in [0.29, 0.717) is 28.7 Å². The summed E-state index contributed by atoms with van der Waals surface area (Å²) in [5.74, 6) is 0.805. The summed E-state index contributed by atoms with van der Waals surface area (Å²) < 4.78 is 16.1. The largest absolute Gasteiger partial charge is 0.438 e. The van der Waals surface area contributed by atoms with Crippen molar-refractivity contribution in [1.82, 2.24) is 29.3 Å². The SMILES string of the molecule is Cn1cc(Nc2nc(Oc3cccc([N+](=O)[O-])c3)c3c(-c4cccnc4)cn(COCCCCCCCCCCCC(C)(C)C)c3n2)cn1. The zero-order valence-corrected chi connectivity index (χ0v) is 29.1. The van der Waals surface area contributed by atoms with E-state index in [1.54, 1.807) is 35.4 Å². The third-order valence-electron chi connectivity index (χ3n) is 8.31. The van der Waals surface area contributed by atoms with Crippen LogP contribution in [-0.4, -0.2) is 40.8 Å².